The molecule has 1 aromatic carbocycles. The molecular formula is C13H13BrS. The summed E-state index contributed by atoms with van der Waals surface area (Å²) in [6.45, 7) is 0. The Labute approximate surface area is 104 Å². The molecule has 1 aromatic rings. The van der Waals surface area contributed by atoms with Gasteiger partial charge in [0, 0.05) is 10.2 Å². The van der Waals surface area contributed by atoms with E-state index in [0.717, 1.165) is 5.75 Å². The molecule has 2 rings (SSSR count). The number of hydrogen-bond acceptors (Lipinski definition) is 1. The summed E-state index contributed by atoms with van der Waals surface area (Å²) in [7, 11) is 0. The predicted octanol–water partition coefficient (Wildman–Crippen LogP) is 4.88. The molecule has 0 aromatic heterocycles. The van der Waals surface area contributed by atoms with Crippen LogP contribution >= 0.6 is 27.7 Å². The molecule has 0 radical (unpaired) electrons. The molecule has 78 valence electrons. The molecule has 0 saturated carbocycles. The Balaban J connectivity index is 1.96. The van der Waals surface area contributed by atoms with E-state index in [-0.39, 0.29) is 0 Å². The molecular weight excluding hydrogens is 268 g/mol. The van der Waals surface area contributed by atoms with Gasteiger partial charge in [-0.25, -0.2) is 0 Å². The van der Waals surface area contributed by atoms with Crippen LogP contribution in [0.3, 0.4) is 0 Å². The maximum Gasteiger partial charge on any atom is 0.0267 e. The highest BCUT2D eigenvalue weighted by atomic mass is 79.9. The third-order valence-corrected chi connectivity index (χ3v) is 4.58. The van der Waals surface area contributed by atoms with Gasteiger partial charge in [0.1, 0.15) is 0 Å². The fourth-order valence-electron chi connectivity index (χ4n) is 1.50. The van der Waals surface area contributed by atoms with Gasteiger partial charge in [-0.05, 0) is 39.2 Å². The standard InChI is InChI=1S/C13H13BrS/c14-12-8-4-5-9-13(12)15-10-11-6-2-1-3-7-11/h1-4,6-8H,5,9-10H2. The van der Waals surface area contributed by atoms with E-state index in [1.165, 1.54) is 27.8 Å². The second-order valence-corrected chi connectivity index (χ2v) is 5.41. The van der Waals surface area contributed by atoms with Crippen molar-refractivity contribution in [2.24, 2.45) is 0 Å². The van der Waals surface area contributed by atoms with E-state index in [2.05, 4.69) is 58.4 Å². The van der Waals surface area contributed by atoms with E-state index in [9.17, 15) is 0 Å². The lowest BCUT2D eigenvalue weighted by atomic mass is 10.2. The Morgan fingerprint density at radius 3 is 2.73 bits per heavy atom. The lowest BCUT2D eigenvalue weighted by Gasteiger charge is -2.11. The molecule has 0 bridgehead atoms. The summed E-state index contributed by atoms with van der Waals surface area (Å²) in [5.41, 5.74) is 1.39. The lowest BCUT2D eigenvalue weighted by Crippen LogP contribution is -1.88. The first-order valence-electron chi connectivity index (χ1n) is 5.08. The van der Waals surface area contributed by atoms with Gasteiger partial charge in [0.2, 0.25) is 0 Å². The van der Waals surface area contributed by atoms with Crippen molar-refractivity contribution in [3.8, 4) is 0 Å². The van der Waals surface area contributed by atoms with E-state index in [0.29, 0.717) is 0 Å². The number of benzene rings is 1. The highest BCUT2D eigenvalue weighted by Crippen LogP contribution is 2.34. The van der Waals surface area contributed by atoms with E-state index >= 15 is 0 Å². The number of rotatable bonds is 3. The molecule has 1 aliphatic rings. The average Bonchev–Trinajstić information content (AvgIpc) is 2.29. The topological polar surface area (TPSA) is 0 Å². The average molecular weight is 281 g/mol. The van der Waals surface area contributed by atoms with Crippen molar-refractivity contribution < 1.29 is 0 Å². The van der Waals surface area contributed by atoms with Crippen LogP contribution in [0.1, 0.15) is 18.4 Å². The highest BCUT2D eigenvalue weighted by molar-refractivity contribution is 9.12. The summed E-state index contributed by atoms with van der Waals surface area (Å²) >= 11 is 5.54. The molecule has 0 N–H and O–H groups in total. The fourth-order valence-corrected chi connectivity index (χ4v) is 3.23. The molecule has 2 heteroatoms. The SMILES string of the molecule is BrC1=C(SCc2ccccc2)CCC=C1. The first-order chi connectivity index (χ1) is 7.36. The van der Waals surface area contributed by atoms with Gasteiger partial charge < -0.3 is 0 Å². The molecule has 0 spiro atoms. The minimum atomic E-state index is 1.07. The lowest BCUT2D eigenvalue weighted by molar-refractivity contribution is 1.02. The monoisotopic (exact) mass is 280 g/mol. The summed E-state index contributed by atoms with van der Waals surface area (Å²) in [5.74, 6) is 1.07. The van der Waals surface area contributed by atoms with Crippen LogP contribution < -0.4 is 0 Å². The molecule has 1 aliphatic carbocycles. The maximum atomic E-state index is 3.60. The molecule has 0 unspecified atom stereocenters. The minimum absolute atomic E-state index is 1.07. The third-order valence-electron chi connectivity index (χ3n) is 2.32. The molecule has 0 aliphatic heterocycles. The minimum Gasteiger partial charge on any atom is -0.125 e. The summed E-state index contributed by atoms with van der Waals surface area (Å²) in [6, 6.07) is 10.6. The largest absolute Gasteiger partial charge is 0.125 e. The zero-order valence-electron chi connectivity index (χ0n) is 8.45. The first-order valence-corrected chi connectivity index (χ1v) is 6.86. The van der Waals surface area contributed by atoms with E-state index in [1.807, 2.05) is 11.8 Å². The van der Waals surface area contributed by atoms with Crippen molar-refractivity contribution in [1.29, 1.82) is 0 Å². The van der Waals surface area contributed by atoms with Crippen LogP contribution in [-0.2, 0) is 5.75 Å². The number of allylic oxidation sites excluding steroid dienone is 4. The van der Waals surface area contributed by atoms with Gasteiger partial charge in [0.25, 0.3) is 0 Å². The molecule has 0 heterocycles. The van der Waals surface area contributed by atoms with Crippen molar-refractivity contribution in [2.75, 3.05) is 0 Å². The number of hydrogen-bond donors (Lipinski definition) is 0. The zero-order chi connectivity index (χ0) is 10.5. The quantitative estimate of drug-likeness (QED) is 0.761. The van der Waals surface area contributed by atoms with Gasteiger partial charge in [0.05, 0.1) is 0 Å². The van der Waals surface area contributed by atoms with Crippen LogP contribution in [0.4, 0.5) is 0 Å². The van der Waals surface area contributed by atoms with Gasteiger partial charge in [0.15, 0.2) is 0 Å². The Bertz CT molecular complexity index is 379. The first kappa shape index (κ1) is 11.0. The van der Waals surface area contributed by atoms with Crippen LogP contribution in [0.5, 0.6) is 0 Å². The van der Waals surface area contributed by atoms with Crippen molar-refractivity contribution in [3.05, 3.63) is 57.4 Å². The number of thioether (sulfide) groups is 1. The van der Waals surface area contributed by atoms with Crippen LogP contribution in [0.15, 0.2) is 51.9 Å². The van der Waals surface area contributed by atoms with Crippen LogP contribution in [0.25, 0.3) is 0 Å². The zero-order valence-corrected chi connectivity index (χ0v) is 10.9. The van der Waals surface area contributed by atoms with E-state index in [1.54, 1.807) is 0 Å². The van der Waals surface area contributed by atoms with Crippen LogP contribution in [0, 0.1) is 0 Å². The van der Waals surface area contributed by atoms with Gasteiger partial charge in [-0.15, -0.1) is 11.8 Å². The maximum absolute atomic E-state index is 3.60. The van der Waals surface area contributed by atoms with Gasteiger partial charge in [-0.3, -0.25) is 0 Å². The van der Waals surface area contributed by atoms with E-state index < -0.39 is 0 Å². The molecule has 15 heavy (non-hydrogen) atoms. The van der Waals surface area contributed by atoms with Crippen LogP contribution in [-0.4, -0.2) is 0 Å². The van der Waals surface area contributed by atoms with Crippen molar-refractivity contribution >= 4 is 27.7 Å². The Morgan fingerprint density at radius 2 is 2.00 bits per heavy atom. The second-order valence-electron chi connectivity index (χ2n) is 3.49. The molecule has 0 nitrogen and oxygen atoms in total. The Hall–Kier alpha value is -0.470. The smallest absolute Gasteiger partial charge is 0.0267 e. The summed E-state index contributed by atoms with van der Waals surface area (Å²) in [4.78, 5) is 1.47. The van der Waals surface area contributed by atoms with Gasteiger partial charge in [-0.2, -0.15) is 0 Å². The number of halogens is 1. The summed E-state index contributed by atoms with van der Waals surface area (Å²) in [5, 5.41) is 0. The summed E-state index contributed by atoms with van der Waals surface area (Å²) in [6.07, 6.45) is 6.73. The normalized spacial score (nSPS) is 15.8. The Morgan fingerprint density at radius 1 is 1.20 bits per heavy atom. The Kier molecular flexibility index (Phi) is 4.09. The molecule has 0 atom stereocenters. The summed E-state index contributed by atoms with van der Waals surface area (Å²) < 4.78 is 1.26. The molecule has 0 amide bonds. The van der Waals surface area contributed by atoms with Gasteiger partial charge >= 0.3 is 0 Å². The third kappa shape index (κ3) is 3.25. The van der Waals surface area contributed by atoms with E-state index in [4.69, 9.17) is 0 Å². The van der Waals surface area contributed by atoms with Crippen molar-refractivity contribution in [1.82, 2.24) is 0 Å². The van der Waals surface area contributed by atoms with Crippen molar-refractivity contribution in [3.63, 3.8) is 0 Å². The molecule has 0 fully saturated rings. The van der Waals surface area contributed by atoms with Crippen molar-refractivity contribution in [2.45, 2.75) is 18.6 Å². The van der Waals surface area contributed by atoms with Crippen LogP contribution in [0.2, 0.25) is 0 Å². The second kappa shape index (κ2) is 5.57. The molecule has 0 saturated heterocycles. The van der Waals surface area contributed by atoms with Gasteiger partial charge in [-0.1, -0.05) is 42.5 Å². The highest BCUT2D eigenvalue weighted by Gasteiger charge is 2.06. The predicted molar refractivity (Wildman–Crippen MR) is 72.1 cm³/mol. The fraction of sp³-hybridized carbons (Fsp3) is 0.231.